The van der Waals surface area contributed by atoms with Crippen LogP contribution in [0.4, 0.5) is 0 Å². The molecular weight excluding hydrogens is 324 g/mol. The zero-order valence-corrected chi connectivity index (χ0v) is 18.4. The largest absolute Gasteiger partial charge is 0.0654 e. The second-order valence-electron chi connectivity index (χ2n) is 9.93. The Bertz CT molecular complexity index is 519. The zero-order valence-electron chi connectivity index (χ0n) is 18.4. The molecule has 3 unspecified atom stereocenters. The molecule has 27 heavy (non-hydrogen) atoms. The van der Waals surface area contributed by atoms with E-state index in [1.807, 2.05) is 0 Å². The summed E-state index contributed by atoms with van der Waals surface area (Å²) in [6, 6.07) is 9.71. The summed E-state index contributed by atoms with van der Waals surface area (Å²) in [6.07, 6.45) is 18.7. The van der Waals surface area contributed by atoms with E-state index in [1.54, 1.807) is 5.56 Å². The van der Waals surface area contributed by atoms with Gasteiger partial charge < -0.3 is 0 Å². The fourth-order valence-corrected chi connectivity index (χ4v) is 6.11. The molecule has 0 heteroatoms. The van der Waals surface area contributed by atoms with Gasteiger partial charge in [-0.1, -0.05) is 83.6 Å². The molecule has 0 radical (unpaired) electrons. The van der Waals surface area contributed by atoms with Gasteiger partial charge in [-0.05, 0) is 85.7 Å². The van der Waals surface area contributed by atoms with Crippen molar-refractivity contribution < 1.29 is 0 Å². The topological polar surface area (TPSA) is 0 Å². The Kier molecular flexibility index (Phi) is 8.28. The lowest BCUT2D eigenvalue weighted by molar-refractivity contribution is 0.130. The van der Waals surface area contributed by atoms with Gasteiger partial charge >= 0.3 is 0 Å². The maximum Gasteiger partial charge on any atom is -0.0136 e. The van der Waals surface area contributed by atoms with Crippen molar-refractivity contribution in [2.75, 3.05) is 0 Å². The molecule has 0 amide bonds. The van der Waals surface area contributed by atoms with E-state index in [2.05, 4.69) is 45.0 Å². The third kappa shape index (κ3) is 5.85. The van der Waals surface area contributed by atoms with Crippen LogP contribution >= 0.6 is 0 Å². The van der Waals surface area contributed by atoms with Crippen LogP contribution in [0.15, 0.2) is 24.3 Å². The van der Waals surface area contributed by atoms with Crippen LogP contribution in [0, 0.1) is 23.7 Å². The first-order valence-electron chi connectivity index (χ1n) is 12.3. The molecule has 1 aromatic rings. The summed E-state index contributed by atoms with van der Waals surface area (Å²) in [7, 11) is 0. The quantitative estimate of drug-likeness (QED) is 0.431. The first kappa shape index (κ1) is 20.9. The van der Waals surface area contributed by atoms with Crippen molar-refractivity contribution in [1.82, 2.24) is 0 Å². The molecule has 2 aliphatic rings. The van der Waals surface area contributed by atoms with Crippen LogP contribution in [-0.2, 0) is 6.42 Å². The maximum atomic E-state index is 2.54. The van der Waals surface area contributed by atoms with E-state index in [0.29, 0.717) is 0 Å². The summed E-state index contributed by atoms with van der Waals surface area (Å²) >= 11 is 0. The minimum absolute atomic E-state index is 0.808. The van der Waals surface area contributed by atoms with Gasteiger partial charge in [0.2, 0.25) is 0 Å². The van der Waals surface area contributed by atoms with Crippen LogP contribution in [0.1, 0.15) is 115 Å². The Morgan fingerprint density at radius 1 is 0.778 bits per heavy atom. The number of rotatable bonds is 8. The number of hydrogen-bond acceptors (Lipinski definition) is 0. The lowest BCUT2D eigenvalue weighted by atomic mass is 9.65. The Hall–Kier alpha value is -0.780. The summed E-state index contributed by atoms with van der Waals surface area (Å²) in [6.45, 7) is 7.16. The van der Waals surface area contributed by atoms with Crippen LogP contribution in [0.2, 0.25) is 0 Å². The maximum absolute atomic E-state index is 2.54. The zero-order chi connectivity index (χ0) is 19.1. The molecule has 0 aliphatic heterocycles. The van der Waals surface area contributed by atoms with Gasteiger partial charge in [0.05, 0.1) is 0 Å². The van der Waals surface area contributed by atoms with E-state index >= 15 is 0 Å². The van der Waals surface area contributed by atoms with Crippen LogP contribution in [0.3, 0.4) is 0 Å². The molecule has 0 spiro atoms. The molecule has 1 aromatic carbocycles. The Morgan fingerprint density at radius 2 is 1.44 bits per heavy atom. The SMILES string of the molecule is CCCCc1ccc(C2CCC(C3CCC(CCCC)CC3)CC2C)cc1. The average Bonchev–Trinajstić information content (AvgIpc) is 2.71. The summed E-state index contributed by atoms with van der Waals surface area (Å²) in [5.41, 5.74) is 3.14. The molecule has 0 N–H and O–H groups in total. The predicted molar refractivity (Wildman–Crippen MR) is 119 cm³/mol. The van der Waals surface area contributed by atoms with Gasteiger partial charge in [-0.25, -0.2) is 0 Å². The molecule has 152 valence electrons. The molecule has 0 bridgehead atoms. The summed E-state index contributed by atoms with van der Waals surface area (Å²) < 4.78 is 0. The van der Waals surface area contributed by atoms with Gasteiger partial charge in [-0.3, -0.25) is 0 Å². The molecule has 2 fully saturated rings. The van der Waals surface area contributed by atoms with Crippen molar-refractivity contribution in [3.63, 3.8) is 0 Å². The second-order valence-corrected chi connectivity index (χ2v) is 9.93. The summed E-state index contributed by atoms with van der Waals surface area (Å²) in [5.74, 6) is 4.79. The smallest absolute Gasteiger partial charge is 0.0136 e. The minimum Gasteiger partial charge on any atom is -0.0654 e. The Morgan fingerprint density at radius 3 is 2.07 bits per heavy atom. The standard InChI is InChI=1S/C27H44/c1-4-6-8-22-10-14-24(15-11-22)26-18-19-27(21(3)20-26)25-16-12-23(13-17-25)9-7-5-2/h12-13,16-17,21-22,24,26-27H,4-11,14-15,18-20H2,1-3H3. The minimum atomic E-state index is 0.808. The van der Waals surface area contributed by atoms with Gasteiger partial charge in [0.15, 0.2) is 0 Å². The predicted octanol–water partition coefficient (Wildman–Crippen LogP) is 8.55. The van der Waals surface area contributed by atoms with Gasteiger partial charge in [-0.15, -0.1) is 0 Å². The Labute approximate surface area is 169 Å². The normalized spacial score (nSPS) is 31.7. The number of hydrogen-bond donors (Lipinski definition) is 0. The summed E-state index contributed by atoms with van der Waals surface area (Å²) in [5, 5.41) is 0. The highest BCUT2D eigenvalue weighted by atomic mass is 14.4. The van der Waals surface area contributed by atoms with Crippen LogP contribution < -0.4 is 0 Å². The molecule has 3 atom stereocenters. The monoisotopic (exact) mass is 368 g/mol. The van der Waals surface area contributed by atoms with Gasteiger partial charge in [0.1, 0.15) is 0 Å². The molecule has 0 saturated heterocycles. The first-order valence-corrected chi connectivity index (χ1v) is 12.3. The van der Waals surface area contributed by atoms with Gasteiger partial charge in [0, 0.05) is 0 Å². The highest BCUT2D eigenvalue weighted by molar-refractivity contribution is 5.26. The van der Waals surface area contributed by atoms with Gasteiger partial charge in [-0.2, -0.15) is 0 Å². The van der Waals surface area contributed by atoms with Crippen molar-refractivity contribution in [2.45, 2.75) is 110 Å². The second kappa shape index (κ2) is 10.7. The molecule has 2 saturated carbocycles. The average molecular weight is 369 g/mol. The third-order valence-corrected chi connectivity index (χ3v) is 7.96. The fourth-order valence-electron chi connectivity index (χ4n) is 6.11. The van der Waals surface area contributed by atoms with E-state index in [1.165, 1.54) is 89.0 Å². The molecule has 2 aliphatic carbocycles. The molecule has 0 nitrogen and oxygen atoms in total. The van der Waals surface area contributed by atoms with E-state index in [0.717, 1.165) is 29.6 Å². The van der Waals surface area contributed by atoms with Crippen LogP contribution in [0.25, 0.3) is 0 Å². The lowest BCUT2D eigenvalue weighted by Crippen LogP contribution is -2.29. The van der Waals surface area contributed by atoms with Crippen molar-refractivity contribution in [3.05, 3.63) is 35.4 Å². The highest BCUT2D eigenvalue weighted by Gasteiger charge is 2.34. The van der Waals surface area contributed by atoms with E-state index in [-0.39, 0.29) is 0 Å². The molecule has 3 rings (SSSR count). The van der Waals surface area contributed by atoms with E-state index in [9.17, 15) is 0 Å². The van der Waals surface area contributed by atoms with E-state index in [4.69, 9.17) is 0 Å². The van der Waals surface area contributed by atoms with Crippen molar-refractivity contribution in [1.29, 1.82) is 0 Å². The highest BCUT2D eigenvalue weighted by Crippen LogP contribution is 2.46. The van der Waals surface area contributed by atoms with Crippen molar-refractivity contribution >= 4 is 0 Å². The third-order valence-electron chi connectivity index (χ3n) is 7.96. The molecule has 0 heterocycles. The Balaban J connectivity index is 1.48. The van der Waals surface area contributed by atoms with Crippen LogP contribution in [-0.4, -0.2) is 0 Å². The fraction of sp³-hybridized carbons (Fsp3) is 0.778. The summed E-state index contributed by atoms with van der Waals surface area (Å²) in [4.78, 5) is 0. The number of unbranched alkanes of at least 4 members (excludes halogenated alkanes) is 2. The number of benzene rings is 1. The first-order chi connectivity index (χ1) is 13.2. The van der Waals surface area contributed by atoms with Gasteiger partial charge in [0.25, 0.3) is 0 Å². The van der Waals surface area contributed by atoms with Crippen molar-refractivity contribution in [3.8, 4) is 0 Å². The molecule has 0 aromatic heterocycles. The molecular formula is C27H44. The van der Waals surface area contributed by atoms with Crippen LogP contribution in [0.5, 0.6) is 0 Å². The van der Waals surface area contributed by atoms with E-state index < -0.39 is 0 Å². The lowest BCUT2D eigenvalue weighted by Gasteiger charge is -2.41. The van der Waals surface area contributed by atoms with Crippen molar-refractivity contribution in [2.24, 2.45) is 23.7 Å². The number of aryl methyl sites for hydroxylation is 1.